The van der Waals surface area contributed by atoms with Crippen molar-refractivity contribution in [3.05, 3.63) is 236 Å². The van der Waals surface area contributed by atoms with Crippen LogP contribution in [0.15, 0.2) is 229 Å². The molecule has 338 valence electrons. The van der Waals surface area contributed by atoms with Gasteiger partial charge in [0.25, 0.3) is 0 Å². The largest absolute Gasteiger partial charge is 0.456 e. The Hall–Kier alpha value is -9.39. The molecule has 0 unspecified atom stereocenters. The standard InChI is InChI=1S/C66H43N5O/c1-66(2)55-27-14-12-25-47(55)50-36-51-49-31-29-43(42-30-32-61-53(34-42)54-37-52-48-26-13-15-28-57(48)70(45-22-10-5-11-23-45)60(52)39-62(54)72-61)35-58(49)71(59(51)38-56(50)66)46-24-16-21-44(33-46)65-68-63(40-17-6-3-7-18-40)67-64(69-65)41-19-8-4-9-20-41/h3-39H,1-2H3. The molecule has 4 heterocycles. The van der Waals surface area contributed by atoms with Crippen LogP contribution in [0.1, 0.15) is 25.0 Å². The summed E-state index contributed by atoms with van der Waals surface area (Å²) in [6.07, 6.45) is 0. The zero-order valence-corrected chi connectivity index (χ0v) is 39.5. The molecule has 72 heavy (non-hydrogen) atoms. The van der Waals surface area contributed by atoms with Crippen molar-refractivity contribution in [2.24, 2.45) is 0 Å². The first-order chi connectivity index (χ1) is 35.4. The predicted octanol–water partition coefficient (Wildman–Crippen LogP) is 16.9. The molecule has 0 radical (unpaired) electrons. The summed E-state index contributed by atoms with van der Waals surface area (Å²) in [5.74, 6) is 1.88. The summed E-state index contributed by atoms with van der Waals surface area (Å²) < 4.78 is 11.5. The molecule has 0 bridgehead atoms. The van der Waals surface area contributed by atoms with E-state index >= 15 is 0 Å². The van der Waals surface area contributed by atoms with Crippen LogP contribution in [0.5, 0.6) is 0 Å². The first kappa shape index (κ1) is 40.5. The van der Waals surface area contributed by atoms with Crippen molar-refractivity contribution in [2.75, 3.05) is 0 Å². The van der Waals surface area contributed by atoms with E-state index in [0.717, 1.165) is 77.7 Å². The molecule has 0 N–H and O–H groups in total. The van der Waals surface area contributed by atoms with Crippen LogP contribution in [0.2, 0.25) is 0 Å². The lowest BCUT2D eigenvalue weighted by atomic mass is 9.82. The average molecular weight is 922 g/mol. The molecule has 0 saturated heterocycles. The van der Waals surface area contributed by atoms with E-state index in [0.29, 0.717) is 17.5 Å². The van der Waals surface area contributed by atoms with Crippen molar-refractivity contribution in [2.45, 2.75) is 19.3 Å². The Morgan fingerprint density at radius 1 is 0.319 bits per heavy atom. The number of hydrogen-bond acceptors (Lipinski definition) is 4. The van der Waals surface area contributed by atoms with Crippen LogP contribution in [-0.4, -0.2) is 24.1 Å². The number of rotatable bonds is 6. The normalized spacial score (nSPS) is 13.0. The van der Waals surface area contributed by atoms with Crippen molar-refractivity contribution in [3.63, 3.8) is 0 Å². The van der Waals surface area contributed by atoms with Gasteiger partial charge in [0.2, 0.25) is 0 Å². The third kappa shape index (κ3) is 6.05. The number of furan rings is 1. The van der Waals surface area contributed by atoms with Gasteiger partial charge in [-0.3, -0.25) is 0 Å². The zero-order valence-electron chi connectivity index (χ0n) is 39.5. The molecular formula is C66H43N5O. The highest BCUT2D eigenvalue weighted by molar-refractivity contribution is 6.18. The van der Waals surface area contributed by atoms with Gasteiger partial charge in [0, 0.05) is 71.9 Å². The Balaban J connectivity index is 0.931. The second-order valence-electron chi connectivity index (χ2n) is 19.6. The second kappa shape index (κ2) is 15.3. The highest BCUT2D eigenvalue weighted by Gasteiger charge is 2.36. The van der Waals surface area contributed by atoms with E-state index in [1.54, 1.807) is 0 Å². The van der Waals surface area contributed by atoms with Gasteiger partial charge >= 0.3 is 0 Å². The maximum atomic E-state index is 6.69. The highest BCUT2D eigenvalue weighted by atomic mass is 16.3. The molecule has 1 aliphatic rings. The summed E-state index contributed by atoms with van der Waals surface area (Å²) in [5, 5.41) is 7.01. The van der Waals surface area contributed by atoms with E-state index < -0.39 is 0 Å². The van der Waals surface area contributed by atoms with Gasteiger partial charge in [-0.1, -0.05) is 166 Å². The van der Waals surface area contributed by atoms with Crippen molar-refractivity contribution >= 4 is 65.6 Å². The number of hydrogen-bond donors (Lipinski definition) is 0. The number of aromatic nitrogens is 5. The zero-order chi connectivity index (χ0) is 47.7. The van der Waals surface area contributed by atoms with Crippen molar-refractivity contribution < 1.29 is 4.42 Å². The van der Waals surface area contributed by atoms with Gasteiger partial charge in [0.05, 0.1) is 22.1 Å². The fraction of sp³-hybridized carbons (Fsp3) is 0.0455. The fourth-order valence-electron chi connectivity index (χ4n) is 11.7. The molecule has 1 aliphatic carbocycles. The maximum Gasteiger partial charge on any atom is 0.164 e. The van der Waals surface area contributed by atoms with Gasteiger partial charge in [0.15, 0.2) is 17.5 Å². The van der Waals surface area contributed by atoms with Gasteiger partial charge in [-0.05, 0) is 100 Å². The second-order valence-corrected chi connectivity index (χ2v) is 19.6. The SMILES string of the molecule is CC1(C)c2ccccc2-c2cc3c4ccc(-c5ccc6oc7cc8c(cc7c6c5)c5ccccc5n8-c5ccccc5)cc4n(-c4cccc(-c5nc(-c6ccccc6)nc(-c6ccccc6)n5)c4)c3cc21. The van der Waals surface area contributed by atoms with Gasteiger partial charge in [-0.25, -0.2) is 15.0 Å². The molecule has 14 aromatic rings. The molecule has 0 atom stereocenters. The summed E-state index contributed by atoms with van der Waals surface area (Å²) in [4.78, 5) is 15.3. The fourth-order valence-corrected chi connectivity index (χ4v) is 11.7. The molecule has 0 amide bonds. The summed E-state index contributed by atoms with van der Waals surface area (Å²) in [7, 11) is 0. The average Bonchev–Trinajstić information content (AvgIpc) is 4.14. The Morgan fingerprint density at radius 2 is 0.875 bits per heavy atom. The van der Waals surface area contributed by atoms with Crippen LogP contribution in [0.4, 0.5) is 0 Å². The maximum absolute atomic E-state index is 6.69. The molecule has 0 fully saturated rings. The van der Waals surface area contributed by atoms with Crippen molar-refractivity contribution in [3.8, 4) is 67.8 Å². The molecule has 4 aromatic heterocycles. The number of para-hydroxylation sites is 2. The summed E-state index contributed by atoms with van der Waals surface area (Å²) in [5.41, 5.74) is 18.6. The third-order valence-electron chi connectivity index (χ3n) is 15.1. The van der Waals surface area contributed by atoms with Crippen LogP contribution in [0.3, 0.4) is 0 Å². The van der Waals surface area contributed by atoms with Crippen LogP contribution >= 0.6 is 0 Å². The van der Waals surface area contributed by atoms with E-state index in [2.05, 4.69) is 211 Å². The summed E-state index contributed by atoms with van der Waals surface area (Å²) in [6.45, 7) is 4.71. The predicted molar refractivity (Wildman–Crippen MR) is 295 cm³/mol. The molecule has 6 heteroatoms. The summed E-state index contributed by atoms with van der Waals surface area (Å²) >= 11 is 0. The van der Waals surface area contributed by atoms with E-state index in [-0.39, 0.29) is 5.41 Å². The Labute approximate surface area is 414 Å². The van der Waals surface area contributed by atoms with Gasteiger partial charge < -0.3 is 13.6 Å². The van der Waals surface area contributed by atoms with Crippen molar-refractivity contribution in [1.29, 1.82) is 0 Å². The molecule has 0 saturated carbocycles. The molecule has 15 rings (SSSR count). The van der Waals surface area contributed by atoms with E-state index in [4.69, 9.17) is 19.4 Å². The van der Waals surface area contributed by atoms with E-state index in [1.807, 2.05) is 36.4 Å². The smallest absolute Gasteiger partial charge is 0.164 e. The molecule has 10 aromatic carbocycles. The third-order valence-corrected chi connectivity index (χ3v) is 15.1. The molecule has 0 spiro atoms. The quantitative estimate of drug-likeness (QED) is 0.167. The lowest BCUT2D eigenvalue weighted by Crippen LogP contribution is -2.14. The molecular weight excluding hydrogens is 879 g/mol. The van der Waals surface area contributed by atoms with Crippen LogP contribution < -0.4 is 0 Å². The molecule has 6 nitrogen and oxygen atoms in total. The van der Waals surface area contributed by atoms with Gasteiger partial charge in [0.1, 0.15) is 11.2 Å². The Kier molecular flexibility index (Phi) is 8.61. The monoisotopic (exact) mass is 921 g/mol. The van der Waals surface area contributed by atoms with Crippen LogP contribution in [0.25, 0.3) is 133 Å². The minimum atomic E-state index is -0.175. The summed E-state index contributed by atoms with van der Waals surface area (Å²) in [6, 6.07) is 80.2. The number of fused-ring (bicyclic) bond motifs is 12. The van der Waals surface area contributed by atoms with E-state index in [1.165, 1.54) is 49.3 Å². The first-order valence-corrected chi connectivity index (χ1v) is 24.6. The molecule has 0 aliphatic heterocycles. The highest BCUT2D eigenvalue weighted by Crippen LogP contribution is 2.51. The van der Waals surface area contributed by atoms with Crippen molar-refractivity contribution in [1.82, 2.24) is 24.1 Å². The van der Waals surface area contributed by atoms with Gasteiger partial charge in [-0.15, -0.1) is 0 Å². The van der Waals surface area contributed by atoms with Crippen LogP contribution in [0, 0.1) is 0 Å². The van der Waals surface area contributed by atoms with E-state index in [9.17, 15) is 0 Å². The number of nitrogens with zero attached hydrogens (tertiary/aromatic N) is 5. The van der Waals surface area contributed by atoms with Gasteiger partial charge in [-0.2, -0.15) is 0 Å². The Morgan fingerprint density at radius 3 is 1.65 bits per heavy atom. The lowest BCUT2D eigenvalue weighted by Gasteiger charge is -2.21. The Bertz CT molecular complexity index is 4470. The lowest BCUT2D eigenvalue weighted by molar-refractivity contribution is 0.661. The first-order valence-electron chi connectivity index (χ1n) is 24.6. The van der Waals surface area contributed by atoms with Crippen LogP contribution in [-0.2, 0) is 5.41 Å². The minimum absolute atomic E-state index is 0.175. The topological polar surface area (TPSA) is 61.7 Å². The number of benzene rings is 10. The minimum Gasteiger partial charge on any atom is -0.456 e.